The lowest BCUT2D eigenvalue weighted by molar-refractivity contribution is -0.148. The molecule has 0 heterocycles. The number of rotatable bonds is 134. The van der Waals surface area contributed by atoms with Gasteiger partial charge in [0.15, 0.2) is 0 Å². The van der Waals surface area contributed by atoms with Crippen LogP contribution in [0.5, 0.6) is 0 Å². The van der Waals surface area contributed by atoms with Crippen LogP contribution in [0.4, 0.5) is 0 Å². The van der Waals surface area contributed by atoms with Crippen molar-refractivity contribution < 1.29 is 223 Å². The molecule has 49 heteroatoms. The van der Waals surface area contributed by atoms with Gasteiger partial charge in [0.05, 0.1) is 568 Å². The lowest BCUT2D eigenvalue weighted by Crippen LogP contribution is -2.35. The number of nitrogens with two attached hydrogens (primary N) is 2. The largest absolute Gasteiger partial charge is 0.462 e. The van der Waals surface area contributed by atoms with E-state index in [0.717, 1.165) is 0 Å². The summed E-state index contributed by atoms with van der Waals surface area (Å²) in [5, 5.41) is 0. The highest BCUT2D eigenvalue weighted by molar-refractivity contribution is 5.84. The van der Waals surface area contributed by atoms with Gasteiger partial charge in [-0.05, 0) is 25.7 Å². The van der Waals surface area contributed by atoms with E-state index >= 15 is 0 Å². The fourth-order valence-electron chi connectivity index (χ4n) is 10.7. The van der Waals surface area contributed by atoms with E-state index in [0.29, 0.717) is 594 Å². The van der Waals surface area contributed by atoms with Gasteiger partial charge in [-0.25, -0.2) is 0 Å². The van der Waals surface area contributed by atoms with Gasteiger partial charge in [0.1, 0.15) is 24.3 Å². The monoisotopic (exact) mass is 2120 g/mol. The molecule has 49 nitrogen and oxygen atoms in total. The van der Waals surface area contributed by atoms with Crippen molar-refractivity contribution >= 4 is 11.9 Å². The highest BCUT2D eigenvalue weighted by Crippen LogP contribution is 2.34. The first-order valence-corrected chi connectivity index (χ1v) is 51.7. The first-order chi connectivity index (χ1) is 72.0. The molecule has 864 valence electrons. The van der Waals surface area contributed by atoms with Crippen molar-refractivity contribution in [1.29, 1.82) is 0 Å². The topological polar surface area (TPSA) is 502 Å². The Balaban J connectivity index is 1.06. The fraction of sp³-hybridized carbons (Fsp3) is 0.979. The maximum Gasteiger partial charge on any atom is 0.326 e. The predicted octanol–water partition coefficient (Wildman–Crippen LogP) is -0.231. The number of hydrogen-bond donors (Lipinski definition) is 2. The Labute approximate surface area is 861 Å². The Bertz CT molecular complexity index is 2190. The summed E-state index contributed by atoms with van der Waals surface area (Å²) in [7, 11) is 0. The minimum absolute atomic E-state index is 0.192. The summed E-state index contributed by atoms with van der Waals surface area (Å²) in [6, 6.07) is 0. The quantitative estimate of drug-likeness (QED) is 0.0586. The van der Waals surface area contributed by atoms with Gasteiger partial charge in [0, 0.05) is 0 Å². The minimum atomic E-state index is -0.764. The average Bonchev–Trinajstić information content (AvgIpc) is 1.67. The van der Waals surface area contributed by atoms with Crippen LogP contribution in [0.2, 0.25) is 0 Å². The zero-order valence-electron chi connectivity index (χ0n) is 87.4. The van der Waals surface area contributed by atoms with E-state index in [1.54, 1.807) is 0 Å². The van der Waals surface area contributed by atoms with Gasteiger partial charge in [0.2, 0.25) is 0 Å². The molecule has 0 radical (unpaired) electrons. The van der Waals surface area contributed by atoms with Gasteiger partial charge in [-0.1, -0.05) is 0 Å². The lowest BCUT2D eigenvalue weighted by Gasteiger charge is -2.10. The number of carbonyl (C=O) groups is 2. The van der Waals surface area contributed by atoms with Crippen LogP contribution in [0.3, 0.4) is 0 Å². The van der Waals surface area contributed by atoms with Gasteiger partial charge >= 0.3 is 11.9 Å². The molecule has 0 aliphatic heterocycles. The van der Waals surface area contributed by atoms with Crippen LogP contribution in [0, 0.1) is 0 Å². The molecule has 2 fully saturated rings. The molecule has 0 aromatic rings. The van der Waals surface area contributed by atoms with Crippen LogP contribution in [-0.4, -0.2) is 604 Å². The van der Waals surface area contributed by atoms with E-state index in [1.165, 1.54) is 0 Å². The zero-order chi connectivity index (χ0) is 103. The number of esters is 2. The molecule has 0 aromatic carbocycles. The molecule has 4 N–H and O–H groups in total. The summed E-state index contributed by atoms with van der Waals surface area (Å²) in [5.41, 5.74) is 10.0. The highest BCUT2D eigenvalue weighted by atomic mass is 16.7. The Morgan fingerprint density at radius 1 is 0.103 bits per heavy atom. The van der Waals surface area contributed by atoms with Crippen LogP contribution >= 0.6 is 0 Å². The van der Waals surface area contributed by atoms with E-state index in [4.69, 9.17) is 225 Å². The Kier molecular flexibility index (Phi) is 114. The van der Waals surface area contributed by atoms with Crippen molar-refractivity contribution in [2.45, 2.75) is 36.8 Å². The minimum Gasteiger partial charge on any atom is -0.462 e. The van der Waals surface area contributed by atoms with Crippen LogP contribution in [0.25, 0.3) is 0 Å². The van der Waals surface area contributed by atoms with Crippen molar-refractivity contribution in [2.24, 2.45) is 11.5 Å². The zero-order valence-corrected chi connectivity index (χ0v) is 87.4. The van der Waals surface area contributed by atoms with Crippen molar-refractivity contribution in [3.05, 3.63) is 0 Å². The molecule has 0 spiro atoms. The summed E-state index contributed by atoms with van der Waals surface area (Å²) in [5.74, 6) is -0.710. The first-order valence-electron chi connectivity index (χ1n) is 51.7. The van der Waals surface area contributed by atoms with Crippen LogP contribution in [-0.2, 0) is 223 Å². The maximum atomic E-state index is 11.6. The molecular formula is C96H188N2O47. The van der Waals surface area contributed by atoms with Crippen molar-refractivity contribution in [1.82, 2.24) is 0 Å². The van der Waals surface area contributed by atoms with E-state index in [1.807, 2.05) is 0 Å². The Morgan fingerprint density at radius 2 is 0.152 bits per heavy atom. The molecule has 2 aliphatic carbocycles. The summed E-state index contributed by atoms with van der Waals surface area (Å²) >= 11 is 0. The van der Waals surface area contributed by atoms with E-state index in [9.17, 15) is 9.59 Å². The molecule has 145 heavy (non-hydrogen) atoms. The molecule has 0 bridgehead atoms. The first kappa shape index (κ1) is 138. The summed E-state index contributed by atoms with van der Waals surface area (Å²) < 4.78 is 248. The standard InChI is InChI=1S/C96H188N2O47/c97-95(1-2-95)93(99)144-91-89-142-87-85-140-83-81-138-79-77-136-75-73-134-71-69-132-67-65-130-63-61-128-59-57-126-55-53-124-51-49-122-47-45-120-43-41-118-39-37-116-35-33-114-31-29-112-27-25-110-23-21-108-19-17-106-15-13-104-11-9-102-7-5-101-6-8-103-10-12-105-14-16-107-18-20-109-22-24-111-26-28-113-30-32-115-34-36-117-38-40-119-42-44-121-46-48-123-50-52-125-54-56-127-58-60-129-62-64-131-66-68-133-70-72-135-74-76-137-78-80-139-82-84-141-86-88-143-90-92-145-94(100)96(98)3-4-96/h1-92,97-98H2. The third kappa shape index (κ3) is 114. The predicted molar refractivity (Wildman–Crippen MR) is 519 cm³/mol. The second-order valence-electron chi connectivity index (χ2n) is 30.9. The smallest absolute Gasteiger partial charge is 0.326 e. The van der Waals surface area contributed by atoms with Gasteiger partial charge < -0.3 is 225 Å². The number of carbonyl (C=O) groups excluding carboxylic acids is 2. The molecule has 2 rings (SSSR count). The molecule has 0 atom stereocenters. The lowest BCUT2D eigenvalue weighted by atomic mass is 10.3. The second kappa shape index (κ2) is 120. The van der Waals surface area contributed by atoms with E-state index in [-0.39, 0.29) is 25.2 Å². The summed E-state index contributed by atoms with van der Waals surface area (Å²) in [6.45, 7) is 40.3. The molecule has 0 unspecified atom stereocenters. The summed E-state index contributed by atoms with van der Waals surface area (Å²) in [4.78, 5) is 23.2. The highest BCUT2D eigenvalue weighted by Gasteiger charge is 2.48. The normalized spacial score (nSPS) is 13.3. The molecular weight excluding hydrogens is 1930 g/mol. The van der Waals surface area contributed by atoms with Crippen molar-refractivity contribution in [3.8, 4) is 0 Å². The van der Waals surface area contributed by atoms with Crippen LogP contribution < -0.4 is 11.5 Å². The average molecular weight is 2120 g/mol. The molecule has 2 saturated carbocycles. The van der Waals surface area contributed by atoms with Crippen molar-refractivity contribution in [2.75, 3.05) is 581 Å². The Hall–Kier alpha value is -2.86. The molecule has 0 aromatic heterocycles. The third-order valence-electron chi connectivity index (χ3n) is 18.9. The van der Waals surface area contributed by atoms with Crippen molar-refractivity contribution in [3.63, 3.8) is 0 Å². The van der Waals surface area contributed by atoms with Gasteiger partial charge in [-0.3, -0.25) is 9.59 Å². The van der Waals surface area contributed by atoms with E-state index in [2.05, 4.69) is 0 Å². The van der Waals surface area contributed by atoms with Gasteiger partial charge in [0.25, 0.3) is 0 Å². The fourth-order valence-corrected chi connectivity index (χ4v) is 10.7. The van der Waals surface area contributed by atoms with E-state index < -0.39 is 11.1 Å². The number of ether oxygens (including phenoxy) is 45. The molecule has 2 aliphatic rings. The van der Waals surface area contributed by atoms with Crippen LogP contribution in [0.15, 0.2) is 0 Å². The SMILES string of the molecule is NC1(C(=O)OCCOCCOCCOCCOCCOCCOCCOCCOCCOCCOCCOCCOCCOCCOCCOCCOCCOCCOCCOCCOCCOCCOCCOCCOCCOCCOCCOCCOCCOCCOCCOCCOCCOCCOCCOCCOCCOCCOCCOCCOCCOCCOCCOCCOC(=O)C2(N)CC2)CC1. The maximum absolute atomic E-state index is 11.6. The van der Waals surface area contributed by atoms with Crippen LogP contribution in [0.1, 0.15) is 25.7 Å². The third-order valence-corrected chi connectivity index (χ3v) is 18.9. The molecule has 0 amide bonds. The van der Waals surface area contributed by atoms with Gasteiger partial charge in [-0.2, -0.15) is 0 Å². The number of hydrogen-bond acceptors (Lipinski definition) is 49. The summed E-state index contributed by atoms with van der Waals surface area (Å²) in [6.07, 6.45) is 2.73. The second-order valence-corrected chi connectivity index (χ2v) is 30.9. The Morgan fingerprint density at radius 3 is 0.200 bits per heavy atom. The van der Waals surface area contributed by atoms with Gasteiger partial charge in [-0.15, -0.1) is 0 Å². The molecule has 0 saturated heterocycles.